The van der Waals surface area contributed by atoms with Gasteiger partial charge in [0.15, 0.2) is 0 Å². The summed E-state index contributed by atoms with van der Waals surface area (Å²) in [6.45, 7) is 4.69. The third-order valence-corrected chi connectivity index (χ3v) is 5.16. The molecule has 0 radical (unpaired) electrons. The van der Waals surface area contributed by atoms with Gasteiger partial charge in [0.25, 0.3) is 0 Å². The zero-order valence-electron chi connectivity index (χ0n) is 11.5. The summed E-state index contributed by atoms with van der Waals surface area (Å²) in [7, 11) is -3.44. The van der Waals surface area contributed by atoms with Crippen molar-refractivity contribution < 1.29 is 23.1 Å². The molecule has 0 bridgehead atoms. The summed E-state index contributed by atoms with van der Waals surface area (Å²) in [5.74, 6) is -1.41. The molecule has 1 aliphatic heterocycles. The smallest absolute Gasteiger partial charge is 0.307 e. The number of carboxylic acids is 1. The first-order chi connectivity index (χ1) is 8.83. The van der Waals surface area contributed by atoms with E-state index in [4.69, 9.17) is 9.84 Å². The van der Waals surface area contributed by atoms with Gasteiger partial charge in [-0.25, -0.2) is 13.1 Å². The molecule has 0 aromatic carbocycles. The summed E-state index contributed by atoms with van der Waals surface area (Å²) in [6, 6.07) is 0. The first-order valence-electron chi connectivity index (χ1n) is 6.62. The molecule has 1 saturated heterocycles. The monoisotopic (exact) mass is 293 g/mol. The molecule has 0 saturated carbocycles. The molecule has 0 spiro atoms. The second kappa shape index (κ2) is 7.21. The lowest BCUT2D eigenvalue weighted by Crippen LogP contribution is -2.41. The van der Waals surface area contributed by atoms with Gasteiger partial charge in [-0.1, -0.05) is 13.8 Å². The molecule has 0 aromatic rings. The van der Waals surface area contributed by atoms with Crippen LogP contribution in [0.4, 0.5) is 0 Å². The summed E-state index contributed by atoms with van der Waals surface area (Å²) in [5, 5.41) is 8.61. The van der Waals surface area contributed by atoms with E-state index in [2.05, 4.69) is 4.72 Å². The van der Waals surface area contributed by atoms with Gasteiger partial charge in [-0.3, -0.25) is 4.79 Å². The molecular weight excluding hydrogens is 270 g/mol. The molecule has 0 aliphatic carbocycles. The molecule has 19 heavy (non-hydrogen) atoms. The van der Waals surface area contributed by atoms with E-state index in [0.29, 0.717) is 32.5 Å². The Morgan fingerprint density at radius 3 is 2.42 bits per heavy atom. The Kier molecular flexibility index (Phi) is 6.22. The number of hydrogen-bond acceptors (Lipinski definition) is 4. The maximum Gasteiger partial charge on any atom is 0.307 e. The number of aliphatic carboxylic acids is 1. The maximum atomic E-state index is 12.0. The van der Waals surface area contributed by atoms with E-state index in [0.717, 1.165) is 0 Å². The van der Waals surface area contributed by atoms with E-state index in [1.807, 2.05) is 13.8 Å². The van der Waals surface area contributed by atoms with E-state index in [-0.39, 0.29) is 12.5 Å². The van der Waals surface area contributed by atoms with Crippen molar-refractivity contribution >= 4 is 16.0 Å². The summed E-state index contributed by atoms with van der Waals surface area (Å²) < 4.78 is 31.7. The average molecular weight is 293 g/mol. The van der Waals surface area contributed by atoms with Gasteiger partial charge in [0.1, 0.15) is 0 Å². The quantitative estimate of drug-likeness (QED) is 0.725. The van der Waals surface area contributed by atoms with Gasteiger partial charge >= 0.3 is 5.97 Å². The van der Waals surface area contributed by atoms with Gasteiger partial charge in [0, 0.05) is 19.8 Å². The summed E-state index contributed by atoms with van der Waals surface area (Å²) in [6.07, 6.45) is 1.40. The van der Waals surface area contributed by atoms with Crippen molar-refractivity contribution in [2.45, 2.75) is 38.4 Å². The number of sulfonamides is 1. The van der Waals surface area contributed by atoms with Crippen molar-refractivity contribution in [3.63, 3.8) is 0 Å². The van der Waals surface area contributed by atoms with Crippen LogP contribution >= 0.6 is 0 Å². The number of hydrogen-bond donors (Lipinski definition) is 2. The third-order valence-electron chi connectivity index (χ3n) is 3.24. The van der Waals surface area contributed by atoms with Crippen molar-refractivity contribution in [1.82, 2.24) is 4.72 Å². The predicted octanol–water partition coefficient (Wildman–Crippen LogP) is 0.832. The topological polar surface area (TPSA) is 92.7 Å². The lowest BCUT2D eigenvalue weighted by atomic mass is 9.98. The van der Waals surface area contributed by atoms with Crippen LogP contribution in [0, 0.1) is 11.8 Å². The minimum Gasteiger partial charge on any atom is -0.481 e. The molecule has 7 heteroatoms. The molecule has 0 amide bonds. The second-order valence-corrected chi connectivity index (χ2v) is 7.42. The summed E-state index contributed by atoms with van der Waals surface area (Å²) >= 11 is 0. The van der Waals surface area contributed by atoms with Crippen molar-refractivity contribution in [2.75, 3.05) is 19.8 Å². The number of nitrogens with one attached hydrogen (secondary N) is 1. The Hall–Kier alpha value is -0.660. The van der Waals surface area contributed by atoms with Crippen LogP contribution in [-0.2, 0) is 19.6 Å². The van der Waals surface area contributed by atoms with Crippen LogP contribution in [0.2, 0.25) is 0 Å². The molecule has 1 rings (SSSR count). The summed E-state index contributed by atoms with van der Waals surface area (Å²) in [5.41, 5.74) is 0. The van der Waals surface area contributed by atoms with Gasteiger partial charge in [-0.05, 0) is 25.2 Å². The molecule has 112 valence electrons. The van der Waals surface area contributed by atoms with Crippen LogP contribution < -0.4 is 4.72 Å². The van der Waals surface area contributed by atoms with E-state index < -0.39 is 27.2 Å². The van der Waals surface area contributed by atoms with Gasteiger partial charge in [0.2, 0.25) is 10.0 Å². The van der Waals surface area contributed by atoms with Crippen molar-refractivity contribution in [3.05, 3.63) is 0 Å². The highest BCUT2D eigenvalue weighted by atomic mass is 32.2. The van der Waals surface area contributed by atoms with Crippen LogP contribution in [-0.4, -0.2) is 44.5 Å². The number of rotatable bonds is 7. The Bertz CT molecular complexity index is 387. The summed E-state index contributed by atoms with van der Waals surface area (Å²) in [4.78, 5) is 11.1. The second-order valence-electron chi connectivity index (χ2n) is 5.37. The zero-order chi connectivity index (χ0) is 14.5. The maximum absolute atomic E-state index is 12.0. The molecule has 1 aliphatic rings. The Morgan fingerprint density at radius 1 is 1.37 bits per heavy atom. The van der Waals surface area contributed by atoms with Crippen LogP contribution in [0.3, 0.4) is 0 Å². The fraction of sp³-hybridized carbons (Fsp3) is 0.917. The molecule has 6 nitrogen and oxygen atoms in total. The lowest BCUT2D eigenvalue weighted by molar-refractivity contribution is -0.142. The highest BCUT2D eigenvalue weighted by molar-refractivity contribution is 7.90. The third kappa shape index (κ3) is 5.46. The van der Waals surface area contributed by atoms with Crippen molar-refractivity contribution in [3.8, 4) is 0 Å². The minimum atomic E-state index is -3.44. The van der Waals surface area contributed by atoms with Gasteiger partial charge in [-0.2, -0.15) is 0 Å². The fourth-order valence-corrected chi connectivity index (χ4v) is 3.64. The first-order valence-corrected chi connectivity index (χ1v) is 8.16. The number of ether oxygens (including phenoxy) is 1. The molecule has 0 aromatic heterocycles. The molecule has 1 heterocycles. The van der Waals surface area contributed by atoms with Gasteiger partial charge in [-0.15, -0.1) is 0 Å². The van der Waals surface area contributed by atoms with E-state index >= 15 is 0 Å². The van der Waals surface area contributed by atoms with Crippen LogP contribution in [0.15, 0.2) is 0 Å². The van der Waals surface area contributed by atoms with E-state index in [1.165, 1.54) is 0 Å². The largest absolute Gasteiger partial charge is 0.481 e. The first kappa shape index (κ1) is 16.4. The average Bonchev–Trinajstić information content (AvgIpc) is 2.35. The molecule has 1 atom stereocenters. The van der Waals surface area contributed by atoms with Gasteiger partial charge in [0.05, 0.1) is 11.2 Å². The highest BCUT2D eigenvalue weighted by Crippen LogP contribution is 2.16. The molecule has 1 fully saturated rings. The predicted molar refractivity (Wildman–Crippen MR) is 71.3 cm³/mol. The lowest BCUT2D eigenvalue weighted by Gasteiger charge is -2.23. The molecule has 1 unspecified atom stereocenters. The molecule has 2 N–H and O–H groups in total. The zero-order valence-corrected chi connectivity index (χ0v) is 12.3. The van der Waals surface area contributed by atoms with Gasteiger partial charge < -0.3 is 9.84 Å². The standard InChI is InChI=1S/C12H23NO5S/c1-9(2)7-10(12(14)15)8-13-19(16,17)11-3-5-18-6-4-11/h9-11,13H,3-8H2,1-2H3,(H,14,15). The number of carboxylic acid groups (broad SMARTS) is 1. The highest BCUT2D eigenvalue weighted by Gasteiger charge is 2.29. The fourth-order valence-electron chi connectivity index (χ4n) is 2.16. The van der Waals surface area contributed by atoms with E-state index in [1.54, 1.807) is 0 Å². The number of carbonyl (C=O) groups is 1. The Balaban J connectivity index is 2.54. The van der Waals surface area contributed by atoms with Crippen LogP contribution in [0.25, 0.3) is 0 Å². The SMILES string of the molecule is CC(C)CC(CNS(=O)(=O)C1CCOCC1)C(=O)O. The van der Waals surface area contributed by atoms with E-state index in [9.17, 15) is 13.2 Å². The Morgan fingerprint density at radius 2 is 1.95 bits per heavy atom. The van der Waals surface area contributed by atoms with Crippen molar-refractivity contribution in [1.29, 1.82) is 0 Å². The normalized spacial score (nSPS) is 19.5. The van der Waals surface area contributed by atoms with Crippen LogP contribution in [0.1, 0.15) is 33.1 Å². The Labute approximate surface area is 114 Å². The van der Waals surface area contributed by atoms with Crippen molar-refractivity contribution in [2.24, 2.45) is 11.8 Å². The van der Waals surface area contributed by atoms with Crippen LogP contribution in [0.5, 0.6) is 0 Å². The molecular formula is C12H23NO5S. The minimum absolute atomic E-state index is 0.0345.